The van der Waals surface area contributed by atoms with Gasteiger partial charge >= 0.3 is 0 Å². The molecule has 3 N–H and O–H groups in total. The number of halogens is 1. The minimum atomic E-state index is 0.00512. The smallest absolute Gasteiger partial charge is 0.119 e. The quantitative estimate of drug-likeness (QED) is 0.495. The molecule has 0 saturated carbocycles. The highest BCUT2D eigenvalue weighted by Crippen LogP contribution is 2.15. The molecular weight excluding hydrogens is 260 g/mol. The Kier molecular flexibility index (Phi) is 6.17. The maximum Gasteiger partial charge on any atom is 0.119 e. The van der Waals surface area contributed by atoms with Crippen LogP contribution in [0, 0.1) is 17.3 Å². The Morgan fingerprint density at radius 1 is 1.32 bits per heavy atom. The van der Waals surface area contributed by atoms with Crippen LogP contribution in [-0.2, 0) is 0 Å². The van der Waals surface area contributed by atoms with Crippen molar-refractivity contribution >= 4 is 11.6 Å². The summed E-state index contributed by atoms with van der Waals surface area (Å²) < 4.78 is 5.63. The van der Waals surface area contributed by atoms with E-state index in [9.17, 15) is 0 Å². The second-order valence-electron chi connectivity index (χ2n) is 5.38. The van der Waals surface area contributed by atoms with Crippen LogP contribution in [0.4, 0.5) is 0 Å². The van der Waals surface area contributed by atoms with Gasteiger partial charge in [-0.2, -0.15) is 0 Å². The van der Waals surface area contributed by atoms with E-state index >= 15 is 0 Å². The van der Waals surface area contributed by atoms with Crippen LogP contribution in [0.25, 0.3) is 0 Å². The minimum Gasteiger partial charge on any atom is -0.492 e. The van der Waals surface area contributed by atoms with Crippen LogP contribution in [0.1, 0.15) is 27.2 Å². The summed E-state index contributed by atoms with van der Waals surface area (Å²) in [4.78, 5) is 0. The average molecular weight is 281 g/mol. The van der Waals surface area contributed by atoms with Crippen LogP contribution in [0.5, 0.6) is 5.75 Å². The Morgan fingerprint density at radius 3 is 2.47 bits per heavy atom. The van der Waals surface area contributed by atoms with Crippen molar-refractivity contribution in [1.82, 2.24) is 5.43 Å². The Hall–Kier alpha value is -1.21. The lowest BCUT2D eigenvalue weighted by Gasteiger charge is -2.14. The van der Waals surface area contributed by atoms with E-state index in [-0.39, 0.29) is 11.5 Å². The molecule has 4 heteroatoms. The van der Waals surface area contributed by atoms with Gasteiger partial charge in [-0.3, -0.25) is 11.3 Å². The van der Waals surface area contributed by atoms with Crippen molar-refractivity contribution in [1.29, 1.82) is 0 Å². The van der Waals surface area contributed by atoms with E-state index in [1.54, 1.807) is 12.1 Å². The summed E-state index contributed by atoms with van der Waals surface area (Å²) in [5, 5.41) is 0.692. The largest absolute Gasteiger partial charge is 0.492 e. The predicted octanol–water partition coefficient (Wildman–Crippen LogP) is 2.99. The molecule has 0 spiro atoms. The molecule has 19 heavy (non-hydrogen) atoms. The number of rotatable bonds is 5. The van der Waals surface area contributed by atoms with Crippen molar-refractivity contribution in [3.8, 4) is 17.6 Å². The Morgan fingerprint density at radius 2 is 1.95 bits per heavy atom. The standard InChI is InChI=1S/C15H21ClN2O/c1-15(2,3)10-4-5-13(18-17)11-19-14-8-6-12(16)7-9-14/h6-9,13,18H,5,11,17H2,1-3H3. The average Bonchev–Trinajstić information content (AvgIpc) is 2.34. The van der Waals surface area contributed by atoms with Crippen LogP contribution in [-0.4, -0.2) is 12.6 Å². The van der Waals surface area contributed by atoms with E-state index in [0.29, 0.717) is 18.1 Å². The van der Waals surface area contributed by atoms with Gasteiger partial charge in [-0.05, 0) is 45.0 Å². The van der Waals surface area contributed by atoms with Crippen molar-refractivity contribution in [2.75, 3.05) is 6.61 Å². The molecule has 3 nitrogen and oxygen atoms in total. The Labute approximate surface area is 120 Å². The number of nitrogens with two attached hydrogens (primary N) is 1. The van der Waals surface area contributed by atoms with Gasteiger partial charge in [-0.15, -0.1) is 5.92 Å². The molecule has 104 valence electrons. The number of hydrogen-bond acceptors (Lipinski definition) is 3. The SMILES string of the molecule is CC(C)(C)C#CCC(COc1ccc(Cl)cc1)NN. The minimum absolute atomic E-state index is 0.00512. The van der Waals surface area contributed by atoms with Crippen molar-refractivity contribution < 1.29 is 4.74 Å². The monoisotopic (exact) mass is 280 g/mol. The number of nitrogens with one attached hydrogen (secondary N) is 1. The van der Waals surface area contributed by atoms with Crippen molar-refractivity contribution in [3.05, 3.63) is 29.3 Å². The van der Waals surface area contributed by atoms with Gasteiger partial charge in [0, 0.05) is 16.9 Å². The summed E-state index contributed by atoms with van der Waals surface area (Å²) in [5.41, 5.74) is 2.73. The highest BCUT2D eigenvalue weighted by Gasteiger charge is 2.07. The fraction of sp³-hybridized carbons (Fsp3) is 0.467. The summed E-state index contributed by atoms with van der Waals surface area (Å²) in [6.07, 6.45) is 0.654. The summed E-state index contributed by atoms with van der Waals surface area (Å²) in [6.45, 7) is 6.70. The van der Waals surface area contributed by atoms with Gasteiger partial charge in [0.25, 0.3) is 0 Å². The molecule has 0 radical (unpaired) electrons. The van der Waals surface area contributed by atoms with Gasteiger partial charge in [-0.1, -0.05) is 17.5 Å². The first-order valence-corrected chi connectivity index (χ1v) is 6.63. The number of benzene rings is 1. The lowest BCUT2D eigenvalue weighted by molar-refractivity contribution is 0.267. The first kappa shape index (κ1) is 15.8. The zero-order valence-electron chi connectivity index (χ0n) is 11.7. The molecule has 1 aromatic carbocycles. The third-order valence-corrected chi connectivity index (χ3v) is 2.56. The molecule has 0 aliphatic rings. The normalized spacial score (nSPS) is 12.5. The first-order valence-electron chi connectivity index (χ1n) is 6.25. The summed E-state index contributed by atoms with van der Waals surface area (Å²) >= 11 is 5.81. The number of hydrogen-bond donors (Lipinski definition) is 2. The number of hydrazine groups is 1. The van der Waals surface area contributed by atoms with Gasteiger partial charge in [0.15, 0.2) is 0 Å². The summed E-state index contributed by atoms with van der Waals surface area (Å²) in [5.74, 6) is 12.6. The Bertz CT molecular complexity index is 440. The van der Waals surface area contributed by atoms with Crippen molar-refractivity contribution in [3.63, 3.8) is 0 Å². The molecule has 1 aromatic rings. The Balaban J connectivity index is 2.44. The zero-order valence-corrected chi connectivity index (χ0v) is 12.4. The van der Waals surface area contributed by atoms with E-state index in [1.165, 1.54) is 0 Å². The topological polar surface area (TPSA) is 47.3 Å². The zero-order chi connectivity index (χ0) is 14.3. The van der Waals surface area contributed by atoms with Gasteiger partial charge < -0.3 is 4.74 Å². The second kappa shape index (κ2) is 7.40. The molecule has 0 fully saturated rings. The van der Waals surface area contributed by atoms with E-state index in [4.69, 9.17) is 22.2 Å². The highest BCUT2D eigenvalue weighted by molar-refractivity contribution is 6.30. The van der Waals surface area contributed by atoms with Gasteiger partial charge in [-0.25, -0.2) is 0 Å². The predicted molar refractivity (Wildman–Crippen MR) is 79.9 cm³/mol. The lowest BCUT2D eigenvalue weighted by atomic mass is 9.97. The molecule has 0 bridgehead atoms. The molecule has 1 unspecified atom stereocenters. The first-order chi connectivity index (χ1) is 8.90. The van der Waals surface area contributed by atoms with E-state index in [0.717, 1.165) is 5.75 Å². The van der Waals surface area contributed by atoms with Crippen molar-refractivity contribution in [2.24, 2.45) is 11.3 Å². The lowest BCUT2D eigenvalue weighted by Crippen LogP contribution is -2.39. The summed E-state index contributed by atoms with van der Waals surface area (Å²) in [6, 6.07) is 7.25. The van der Waals surface area contributed by atoms with Crippen molar-refractivity contribution in [2.45, 2.75) is 33.2 Å². The fourth-order valence-electron chi connectivity index (χ4n) is 1.33. The highest BCUT2D eigenvalue weighted by atomic mass is 35.5. The number of ether oxygens (including phenoxy) is 1. The molecule has 0 aliphatic carbocycles. The van der Waals surface area contributed by atoms with Gasteiger partial charge in [0.2, 0.25) is 0 Å². The maximum atomic E-state index is 5.81. The molecule has 0 aliphatic heterocycles. The van der Waals surface area contributed by atoms with E-state index < -0.39 is 0 Å². The third-order valence-electron chi connectivity index (χ3n) is 2.31. The van der Waals surface area contributed by atoms with E-state index in [2.05, 4.69) is 38.0 Å². The molecule has 0 aromatic heterocycles. The molecule has 0 saturated heterocycles. The van der Waals surface area contributed by atoms with Crippen LogP contribution in [0.2, 0.25) is 5.02 Å². The van der Waals surface area contributed by atoms with E-state index in [1.807, 2.05) is 12.1 Å². The van der Waals surface area contributed by atoms with Crippen LogP contribution in [0.3, 0.4) is 0 Å². The van der Waals surface area contributed by atoms with Crippen LogP contribution >= 0.6 is 11.6 Å². The van der Waals surface area contributed by atoms with Gasteiger partial charge in [0.05, 0.1) is 6.04 Å². The fourth-order valence-corrected chi connectivity index (χ4v) is 1.46. The van der Waals surface area contributed by atoms with Crippen LogP contribution in [0.15, 0.2) is 24.3 Å². The van der Waals surface area contributed by atoms with Crippen LogP contribution < -0.4 is 16.0 Å². The van der Waals surface area contributed by atoms with Gasteiger partial charge in [0.1, 0.15) is 12.4 Å². The third kappa shape index (κ3) is 7.07. The molecular formula is C15H21ClN2O. The maximum absolute atomic E-state index is 5.81. The molecule has 0 heterocycles. The molecule has 0 amide bonds. The second-order valence-corrected chi connectivity index (χ2v) is 5.82. The summed E-state index contributed by atoms with van der Waals surface area (Å²) in [7, 11) is 0. The molecule has 1 rings (SSSR count). The molecule has 1 atom stereocenters.